The lowest BCUT2D eigenvalue weighted by atomic mass is 9.48. The van der Waals surface area contributed by atoms with Crippen molar-refractivity contribution >= 4 is 11.9 Å². The zero-order valence-corrected chi connectivity index (χ0v) is 18.7. The normalized spacial score (nSPS) is 40.5. The maximum absolute atomic E-state index is 13.5. The molecule has 0 amide bonds. The summed E-state index contributed by atoms with van der Waals surface area (Å²) in [6.45, 7) is 4.47. The third-order valence-electron chi connectivity index (χ3n) is 9.30. The van der Waals surface area contributed by atoms with Gasteiger partial charge in [0.2, 0.25) is 0 Å². The van der Waals surface area contributed by atoms with Crippen molar-refractivity contribution in [3.63, 3.8) is 0 Å². The first-order chi connectivity index (χ1) is 15.0. The molecule has 1 aromatic carbocycles. The number of ketones is 1. The molecule has 4 aliphatic rings. The first-order valence-electron chi connectivity index (χ1n) is 11.8. The highest BCUT2D eigenvalue weighted by atomic mass is 19.4. The van der Waals surface area contributed by atoms with Gasteiger partial charge in [-0.3, -0.25) is 4.79 Å². The molecule has 0 aromatic heterocycles. The second-order valence-corrected chi connectivity index (χ2v) is 10.9. The topological polar surface area (TPSA) is 37.3 Å². The molecule has 6 atom stereocenters. The second-order valence-electron chi connectivity index (χ2n) is 10.9. The van der Waals surface area contributed by atoms with Crippen molar-refractivity contribution in [1.82, 2.24) is 0 Å². The fraction of sp³-hybridized carbons (Fsp3) is 0.593. The molecule has 0 heterocycles. The Morgan fingerprint density at radius 2 is 1.69 bits per heavy atom. The lowest BCUT2D eigenvalue weighted by molar-refractivity contribution is -0.137. The monoisotopic (exact) mass is 444 g/mol. The van der Waals surface area contributed by atoms with Gasteiger partial charge in [-0.25, -0.2) is 0 Å². The predicted molar refractivity (Wildman–Crippen MR) is 118 cm³/mol. The molecule has 2 nitrogen and oxygen atoms in total. The molecule has 0 spiro atoms. The van der Waals surface area contributed by atoms with Crippen LogP contribution in [0.25, 0.3) is 6.08 Å². The molecule has 4 aliphatic carbocycles. The van der Waals surface area contributed by atoms with Crippen LogP contribution in [0.2, 0.25) is 0 Å². The van der Waals surface area contributed by atoms with Crippen molar-refractivity contribution < 1.29 is 23.1 Å². The van der Waals surface area contributed by atoms with Gasteiger partial charge in [0.05, 0.1) is 11.7 Å². The Balaban J connectivity index is 1.43. The Hall–Kier alpha value is -1.88. The number of hydrogen-bond donors (Lipinski definition) is 1. The number of halogens is 3. The van der Waals surface area contributed by atoms with Gasteiger partial charge in [-0.15, -0.1) is 0 Å². The van der Waals surface area contributed by atoms with E-state index < -0.39 is 11.7 Å². The number of carbonyl (C=O) groups is 1. The standard InChI is InChI=1S/C27H31F3O2/c1-25-11-9-20(31)15-19(25)7-8-21-22(25)10-12-26(2)23(21)14-17(24(26)32)13-16-3-5-18(6-4-16)27(28,29)30/h3-7,13,20-23,31H,8-12,14-15H2,1-2H3/b17-13+/t20-,21-,22+,23+,25-,26-/m0/s1. The largest absolute Gasteiger partial charge is 0.416 e. The van der Waals surface area contributed by atoms with E-state index in [1.54, 1.807) is 0 Å². The molecule has 0 aliphatic heterocycles. The van der Waals surface area contributed by atoms with Crippen molar-refractivity contribution in [1.29, 1.82) is 0 Å². The van der Waals surface area contributed by atoms with Crippen LogP contribution >= 0.6 is 0 Å². The van der Waals surface area contributed by atoms with Crippen LogP contribution in [0, 0.1) is 28.6 Å². The fourth-order valence-corrected chi connectivity index (χ4v) is 7.41. The van der Waals surface area contributed by atoms with E-state index in [9.17, 15) is 23.1 Å². The molecule has 0 unspecified atom stereocenters. The van der Waals surface area contributed by atoms with Gasteiger partial charge in [0.25, 0.3) is 0 Å². The Labute approximate surface area is 187 Å². The van der Waals surface area contributed by atoms with E-state index in [-0.39, 0.29) is 28.6 Å². The van der Waals surface area contributed by atoms with E-state index in [4.69, 9.17) is 0 Å². The number of rotatable bonds is 1. The van der Waals surface area contributed by atoms with Gasteiger partial charge in [-0.2, -0.15) is 13.2 Å². The third-order valence-corrected chi connectivity index (χ3v) is 9.30. The van der Waals surface area contributed by atoms with Crippen molar-refractivity contribution in [3.8, 4) is 0 Å². The number of fused-ring (bicyclic) bond motifs is 5. The fourth-order valence-electron chi connectivity index (χ4n) is 7.41. The SMILES string of the molecule is C[C@]12CC[C@H](O)CC1=CC[C@H]1[C@H]2CC[C@]2(C)C(=O)/C(=C/c3ccc(C(F)(F)F)cc3)C[C@H]12. The van der Waals surface area contributed by atoms with Crippen LogP contribution in [0.4, 0.5) is 13.2 Å². The lowest BCUT2D eigenvalue weighted by Gasteiger charge is -2.56. The van der Waals surface area contributed by atoms with E-state index in [1.807, 2.05) is 6.08 Å². The highest BCUT2D eigenvalue weighted by Crippen LogP contribution is 2.64. The highest BCUT2D eigenvalue weighted by molar-refractivity contribution is 6.05. The maximum atomic E-state index is 13.5. The predicted octanol–water partition coefficient (Wildman–Crippen LogP) is 6.59. The Kier molecular flexibility index (Phi) is 5.01. The van der Waals surface area contributed by atoms with Crippen molar-refractivity contribution in [2.45, 2.75) is 71.1 Å². The minimum atomic E-state index is -4.36. The molecule has 0 saturated heterocycles. The number of alkyl halides is 3. The third kappa shape index (κ3) is 3.30. The summed E-state index contributed by atoms with van der Waals surface area (Å²) in [5.41, 5.74) is 1.89. The van der Waals surface area contributed by atoms with Gasteiger partial charge < -0.3 is 5.11 Å². The van der Waals surface area contributed by atoms with Crippen LogP contribution in [-0.4, -0.2) is 17.0 Å². The summed E-state index contributed by atoms with van der Waals surface area (Å²) in [5.74, 6) is 1.43. The molecular weight excluding hydrogens is 413 g/mol. The van der Waals surface area contributed by atoms with Gasteiger partial charge >= 0.3 is 6.18 Å². The van der Waals surface area contributed by atoms with Crippen molar-refractivity contribution in [3.05, 3.63) is 52.6 Å². The first-order valence-corrected chi connectivity index (χ1v) is 11.8. The first kappa shape index (κ1) is 21.9. The lowest BCUT2D eigenvalue weighted by Crippen LogP contribution is -2.50. The number of aliphatic hydroxyl groups excluding tert-OH is 1. The molecule has 5 heteroatoms. The van der Waals surface area contributed by atoms with Crippen molar-refractivity contribution in [2.75, 3.05) is 0 Å². The summed E-state index contributed by atoms with van der Waals surface area (Å²) >= 11 is 0. The smallest absolute Gasteiger partial charge is 0.393 e. The average molecular weight is 445 g/mol. The average Bonchev–Trinajstić information content (AvgIpc) is 2.99. The van der Waals surface area contributed by atoms with E-state index in [0.717, 1.165) is 56.2 Å². The number of allylic oxidation sites excluding steroid dienone is 2. The Morgan fingerprint density at radius 3 is 2.38 bits per heavy atom. The summed E-state index contributed by atoms with van der Waals surface area (Å²) in [7, 11) is 0. The molecular formula is C27H31F3O2. The quantitative estimate of drug-likeness (QED) is 0.392. The molecule has 0 radical (unpaired) electrons. The highest BCUT2D eigenvalue weighted by Gasteiger charge is 2.59. The number of aliphatic hydroxyl groups is 1. The van der Waals surface area contributed by atoms with E-state index in [0.29, 0.717) is 23.8 Å². The maximum Gasteiger partial charge on any atom is 0.416 e. The molecule has 3 fully saturated rings. The summed E-state index contributed by atoms with van der Waals surface area (Å²) in [6.07, 6.45) is 5.76. The molecule has 32 heavy (non-hydrogen) atoms. The zero-order valence-electron chi connectivity index (χ0n) is 18.7. The van der Waals surface area contributed by atoms with Crippen LogP contribution < -0.4 is 0 Å². The summed E-state index contributed by atoms with van der Waals surface area (Å²) in [4.78, 5) is 13.5. The molecule has 5 rings (SSSR count). The van der Waals surface area contributed by atoms with Crippen LogP contribution in [0.1, 0.15) is 69.9 Å². The minimum absolute atomic E-state index is 0.117. The molecule has 172 valence electrons. The molecule has 3 saturated carbocycles. The van der Waals surface area contributed by atoms with Gasteiger partial charge in [-0.1, -0.05) is 37.6 Å². The van der Waals surface area contributed by atoms with Gasteiger partial charge in [0.1, 0.15) is 0 Å². The van der Waals surface area contributed by atoms with E-state index in [2.05, 4.69) is 19.9 Å². The van der Waals surface area contributed by atoms with Crippen LogP contribution in [-0.2, 0) is 11.0 Å². The van der Waals surface area contributed by atoms with E-state index >= 15 is 0 Å². The summed E-state index contributed by atoms with van der Waals surface area (Å²) in [6, 6.07) is 5.09. The number of Topliss-reactive ketones (excluding diaryl/α,β-unsaturated/α-hetero) is 1. The Bertz CT molecular complexity index is 989. The van der Waals surface area contributed by atoms with Crippen LogP contribution in [0.3, 0.4) is 0 Å². The zero-order chi connectivity index (χ0) is 22.9. The molecule has 0 bridgehead atoms. The van der Waals surface area contributed by atoms with Gasteiger partial charge in [0, 0.05) is 5.41 Å². The van der Waals surface area contributed by atoms with Crippen LogP contribution in [0.5, 0.6) is 0 Å². The molecule has 1 N–H and O–H groups in total. The molecule has 1 aromatic rings. The minimum Gasteiger partial charge on any atom is -0.393 e. The van der Waals surface area contributed by atoms with Gasteiger partial charge in [-0.05, 0) is 97.5 Å². The van der Waals surface area contributed by atoms with E-state index in [1.165, 1.54) is 17.7 Å². The number of hydrogen-bond acceptors (Lipinski definition) is 2. The van der Waals surface area contributed by atoms with Gasteiger partial charge in [0.15, 0.2) is 5.78 Å². The van der Waals surface area contributed by atoms with Crippen molar-refractivity contribution in [2.24, 2.45) is 28.6 Å². The van der Waals surface area contributed by atoms with Crippen LogP contribution in [0.15, 0.2) is 41.5 Å². The Morgan fingerprint density at radius 1 is 1.00 bits per heavy atom. The summed E-state index contributed by atoms with van der Waals surface area (Å²) in [5, 5.41) is 10.2. The number of benzene rings is 1. The second kappa shape index (κ2) is 7.31. The summed E-state index contributed by atoms with van der Waals surface area (Å²) < 4.78 is 38.6. The number of carbonyl (C=O) groups excluding carboxylic acids is 1.